The number of furan rings is 1. The predicted molar refractivity (Wildman–Crippen MR) is 89.6 cm³/mol. The highest BCUT2D eigenvalue weighted by Crippen LogP contribution is 2.26. The molecule has 126 valence electrons. The zero-order valence-electron chi connectivity index (χ0n) is 13.5. The third-order valence-corrected chi connectivity index (χ3v) is 4.49. The second kappa shape index (κ2) is 6.96. The number of carbonyl (C=O) groups excluding carboxylic acids is 1. The summed E-state index contributed by atoms with van der Waals surface area (Å²) in [6.45, 7) is 5.46. The largest absolute Gasteiger partial charge is 0.459 e. The van der Waals surface area contributed by atoms with Gasteiger partial charge in [0.1, 0.15) is 5.76 Å². The quantitative estimate of drug-likeness (QED) is 0.724. The molecule has 0 saturated carbocycles. The van der Waals surface area contributed by atoms with Gasteiger partial charge in [0.2, 0.25) is 11.8 Å². The number of hydrogen-bond acceptors (Lipinski definition) is 7. The summed E-state index contributed by atoms with van der Waals surface area (Å²) in [5.74, 6) is 2.50. The van der Waals surface area contributed by atoms with Crippen molar-refractivity contribution in [1.29, 1.82) is 0 Å². The standard InChI is InChI=1S/C16H17N3O4S/c1-9-7-14(23-19-9)18-15(20)11(3)24-8-12-10(2)22-16(17-12)13-5-4-6-21-13/h4-7,11H,8H2,1-3H3,(H,18,20)/t11-/m0/s1. The van der Waals surface area contributed by atoms with Crippen molar-refractivity contribution in [2.75, 3.05) is 5.32 Å². The maximum absolute atomic E-state index is 12.1. The Morgan fingerprint density at radius 2 is 2.25 bits per heavy atom. The lowest BCUT2D eigenvalue weighted by Gasteiger charge is -2.09. The van der Waals surface area contributed by atoms with Crippen LogP contribution < -0.4 is 5.32 Å². The Labute approximate surface area is 142 Å². The van der Waals surface area contributed by atoms with Crippen molar-refractivity contribution in [1.82, 2.24) is 10.1 Å². The van der Waals surface area contributed by atoms with E-state index in [1.165, 1.54) is 11.8 Å². The van der Waals surface area contributed by atoms with Gasteiger partial charge in [-0.05, 0) is 32.9 Å². The minimum atomic E-state index is -0.279. The van der Waals surface area contributed by atoms with Crippen molar-refractivity contribution in [2.45, 2.75) is 31.8 Å². The highest BCUT2D eigenvalue weighted by Gasteiger charge is 2.18. The zero-order valence-corrected chi connectivity index (χ0v) is 14.3. The number of carbonyl (C=O) groups is 1. The molecule has 0 bridgehead atoms. The van der Waals surface area contributed by atoms with Crippen LogP contribution in [0.25, 0.3) is 11.7 Å². The Morgan fingerprint density at radius 3 is 2.92 bits per heavy atom. The van der Waals surface area contributed by atoms with Gasteiger partial charge in [-0.15, -0.1) is 11.8 Å². The van der Waals surface area contributed by atoms with Crippen LogP contribution >= 0.6 is 11.8 Å². The summed E-state index contributed by atoms with van der Waals surface area (Å²) in [5, 5.41) is 6.15. The molecule has 3 rings (SSSR count). The number of nitrogens with one attached hydrogen (secondary N) is 1. The van der Waals surface area contributed by atoms with Crippen LogP contribution in [0.4, 0.5) is 5.88 Å². The molecular formula is C16H17N3O4S. The summed E-state index contributed by atoms with van der Waals surface area (Å²) in [7, 11) is 0. The number of thioether (sulfide) groups is 1. The molecule has 0 fully saturated rings. The fraction of sp³-hybridized carbons (Fsp3) is 0.312. The molecule has 24 heavy (non-hydrogen) atoms. The van der Waals surface area contributed by atoms with E-state index in [9.17, 15) is 4.79 Å². The molecule has 3 aromatic heterocycles. The molecule has 7 nitrogen and oxygen atoms in total. The van der Waals surface area contributed by atoms with Gasteiger partial charge in [-0.2, -0.15) is 0 Å². The number of aryl methyl sites for hydroxylation is 2. The van der Waals surface area contributed by atoms with Crippen LogP contribution in [-0.4, -0.2) is 21.3 Å². The van der Waals surface area contributed by atoms with Crippen LogP contribution in [-0.2, 0) is 10.5 Å². The number of rotatable bonds is 6. The fourth-order valence-electron chi connectivity index (χ4n) is 1.99. The summed E-state index contributed by atoms with van der Waals surface area (Å²) >= 11 is 1.46. The van der Waals surface area contributed by atoms with E-state index in [1.807, 2.05) is 13.8 Å². The Bertz CT molecular complexity index is 822. The van der Waals surface area contributed by atoms with E-state index in [1.54, 1.807) is 31.4 Å². The predicted octanol–water partition coefficient (Wildman–Crippen LogP) is 3.80. The van der Waals surface area contributed by atoms with Crippen molar-refractivity contribution in [3.63, 3.8) is 0 Å². The Morgan fingerprint density at radius 1 is 1.42 bits per heavy atom. The topological polar surface area (TPSA) is 94.3 Å². The molecule has 0 aliphatic rings. The van der Waals surface area contributed by atoms with Crippen molar-refractivity contribution >= 4 is 23.6 Å². The zero-order chi connectivity index (χ0) is 17.1. The van der Waals surface area contributed by atoms with E-state index >= 15 is 0 Å². The maximum Gasteiger partial charge on any atom is 0.263 e. The van der Waals surface area contributed by atoms with Gasteiger partial charge < -0.3 is 13.4 Å². The van der Waals surface area contributed by atoms with Gasteiger partial charge in [-0.1, -0.05) is 5.16 Å². The van der Waals surface area contributed by atoms with Gasteiger partial charge in [-0.3, -0.25) is 10.1 Å². The first-order chi connectivity index (χ1) is 11.5. The number of hydrogen-bond donors (Lipinski definition) is 1. The lowest BCUT2D eigenvalue weighted by atomic mass is 10.4. The summed E-state index contributed by atoms with van der Waals surface area (Å²) in [6.07, 6.45) is 1.57. The van der Waals surface area contributed by atoms with E-state index in [2.05, 4.69) is 15.5 Å². The highest BCUT2D eigenvalue weighted by molar-refractivity contribution is 7.99. The minimum absolute atomic E-state index is 0.149. The minimum Gasteiger partial charge on any atom is -0.459 e. The van der Waals surface area contributed by atoms with Gasteiger partial charge in [0, 0.05) is 11.8 Å². The van der Waals surface area contributed by atoms with E-state index in [0.717, 1.165) is 5.69 Å². The third-order valence-electron chi connectivity index (χ3n) is 3.34. The molecule has 0 aliphatic heterocycles. The van der Waals surface area contributed by atoms with Crippen LogP contribution in [0.1, 0.15) is 24.1 Å². The number of oxazole rings is 1. The molecule has 0 aliphatic carbocycles. The molecule has 0 aromatic carbocycles. The molecule has 1 N–H and O–H groups in total. The Kier molecular flexibility index (Phi) is 4.75. The summed E-state index contributed by atoms with van der Waals surface area (Å²) in [6, 6.07) is 5.24. The summed E-state index contributed by atoms with van der Waals surface area (Å²) in [4.78, 5) is 16.6. The molecule has 0 unspecified atom stereocenters. The molecule has 0 spiro atoms. The van der Waals surface area contributed by atoms with E-state index in [0.29, 0.717) is 34.7 Å². The number of aromatic nitrogens is 2. The summed E-state index contributed by atoms with van der Waals surface area (Å²) < 4.78 is 15.9. The summed E-state index contributed by atoms with van der Waals surface area (Å²) in [5.41, 5.74) is 1.51. The van der Waals surface area contributed by atoms with Crippen molar-refractivity contribution in [3.05, 3.63) is 41.6 Å². The highest BCUT2D eigenvalue weighted by atomic mass is 32.2. The van der Waals surface area contributed by atoms with Crippen molar-refractivity contribution in [2.24, 2.45) is 0 Å². The first-order valence-electron chi connectivity index (χ1n) is 7.39. The van der Waals surface area contributed by atoms with Gasteiger partial charge in [0.15, 0.2) is 5.76 Å². The van der Waals surface area contributed by atoms with Crippen LogP contribution in [0.2, 0.25) is 0 Å². The van der Waals surface area contributed by atoms with E-state index in [4.69, 9.17) is 13.4 Å². The van der Waals surface area contributed by atoms with Gasteiger partial charge >= 0.3 is 0 Å². The van der Waals surface area contributed by atoms with E-state index in [-0.39, 0.29) is 11.2 Å². The smallest absolute Gasteiger partial charge is 0.263 e. The van der Waals surface area contributed by atoms with Crippen molar-refractivity contribution in [3.8, 4) is 11.7 Å². The molecule has 3 aromatic rings. The first-order valence-corrected chi connectivity index (χ1v) is 8.44. The van der Waals surface area contributed by atoms with Crippen LogP contribution in [0, 0.1) is 13.8 Å². The Balaban J connectivity index is 1.58. The monoisotopic (exact) mass is 347 g/mol. The molecule has 1 atom stereocenters. The number of nitrogens with zero attached hydrogens (tertiary/aromatic N) is 2. The van der Waals surface area contributed by atoms with Gasteiger partial charge in [-0.25, -0.2) is 4.98 Å². The van der Waals surface area contributed by atoms with Crippen LogP contribution in [0.15, 0.2) is 37.8 Å². The molecule has 1 amide bonds. The molecule has 8 heteroatoms. The SMILES string of the molecule is Cc1cc(NC(=O)[C@H](C)SCc2nc(-c3ccco3)oc2C)on1. The third kappa shape index (κ3) is 3.70. The maximum atomic E-state index is 12.1. The molecular weight excluding hydrogens is 330 g/mol. The fourth-order valence-corrected chi connectivity index (χ4v) is 2.88. The Hall–Kier alpha value is -2.48. The van der Waals surface area contributed by atoms with Gasteiger partial charge in [0.05, 0.1) is 22.9 Å². The van der Waals surface area contributed by atoms with Crippen LogP contribution in [0.5, 0.6) is 0 Å². The molecule has 0 radical (unpaired) electrons. The first kappa shape index (κ1) is 16.4. The molecule has 3 heterocycles. The average Bonchev–Trinajstić information content (AvgIpc) is 3.26. The second-order valence-corrected chi connectivity index (χ2v) is 6.60. The average molecular weight is 347 g/mol. The van der Waals surface area contributed by atoms with Gasteiger partial charge in [0.25, 0.3) is 5.89 Å². The second-order valence-electron chi connectivity index (χ2n) is 5.27. The van der Waals surface area contributed by atoms with Crippen molar-refractivity contribution < 1.29 is 18.2 Å². The number of amides is 1. The lowest BCUT2D eigenvalue weighted by Crippen LogP contribution is -2.22. The molecule has 0 saturated heterocycles. The van der Waals surface area contributed by atoms with E-state index < -0.39 is 0 Å². The normalized spacial score (nSPS) is 12.3. The lowest BCUT2D eigenvalue weighted by molar-refractivity contribution is -0.115. The van der Waals surface area contributed by atoms with Crippen LogP contribution in [0.3, 0.4) is 0 Å². The number of anilines is 1.